The maximum absolute atomic E-state index is 12.6. The van der Waals surface area contributed by atoms with Crippen molar-refractivity contribution in [2.24, 2.45) is 0 Å². The fraction of sp³-hybridized carbons (Fsp3) is 0.133. The van der Waals surface area contributed by atoms with E-state index in [1.165, 1.54) is 25.3 Å². The van der Waals surface area contributed by atoms with Crippen LogP contribution in [0.1, 0.15) is 15.9 Å². The number of ether oxygens (including phenoxy) is 1. The molecule has 0 heterocycles. The molecule has 0 spiro atoms. The fourth-order valence-electron chi connectivity index (χ4n) is 1.85. The quantitative estimate of drug-likeness (QED) is 0.852. The smallest absolute Gasteiger partial charge is 0.416 e. The number of rotatable bonds is 3. The van der Waals surface area contributed by atoms with Crippen LogP contribution < -0.4 is 15.8 Å². The molecule has 4 nitrogen and oxygen atoms in total. The Labute approximate surface area is 124 Å². The number of carbonyl (C=O) groups is 1. The number of halogens is 3. The topological polar surface area (TPSA) is 64.3 Å². The van der Waals surface area contributed by atoms with Gasteiger partial charge in [-0.05, 0) is 36.4 Å². The third-order valence-corrected chi connectivity index (χ3v) is 2.94. The van der Waals surface area contributed by atoms with Crippen LogP contribution in [0.25, 0.3) is 0 Å². The van der Waals surface area contributed by atoms with E-state index in [9.17, 15) is 18.0 Å². The first kappa shape index (κ1) is 15.7. The van der Waals surface area contributed by atoms with Gasteiger partial charge in [-0.25, -0.2) is 0 Å². The molecule has 0 fully saturated rings. The Kier molecular flexibility index (Phi) is 4.25. The van der Waals surface area contributed by atoms with Crippen molar-refractivity contribution in [3.8, 4) is 5.75 Å². The molecule has 22 heavy (non-hydrogen) atoms. The monoisotopic (exact) mass is 310 g/mol. The second kappa shape index (κ2) is 5.97. The number of anilines is 2. The Hall–Kier alpha value is -2.70. The molecule has 2 aromatic carbocycles. The minimum absolute atomic E-state index is 0.0933. The SMILES string of the molecule is COc1ccc(NC(=O)c2cccc(C(F)(F)F)c2)cc1N. The van der Waals surface area contributed by atoms with Crippen molar-refractivity contribution in [3.05, 3.63) is 53.6 Å². The lowest BCUT2D eigenvalue weighted by molar-refractivity contribution is -0.137. The van der Waals surface area contributed by atoms with Crippen molar-refractivity contribution >= 4 is 17.3 Å². The molecule has 0 bridgehead atoms. The number of amides is 1. The normalized spacial score (nSPS) is 11.1. The zero-order valence-corrected chi connectivity index (χ0v) is 11.6. The number of hydrogen-bond donors (Lipinski definition) is 2. The Morgan fingerprint density at radius 3 is 2.50 bits per heavy atom. The highest BCUT2D eigenvalue weighted by atomic mass is 19.4. The summed E-state index contributed by atoms with van der Waals surface area (Å²) in [6.07, 6.45) is -4.50. The van der Waals surface area contributed by atoms with Crippen molar-refractivity contribution in [1.29, 1.82) is 0 Å². The number of benzene rings is 2. The molecule has 7 heteroatoms. The minimum atomic E-state index is -4.50. The van der Waals surface area contributed by atoms with Crippen molar-refractivity contribution in [2.75, 3.05) is 18.2 Å². The van der Waals surface area contributed by atoms with Crippen LogP contribution >= 0.6 is 0 Å². The molecular weight excluding hydrogens is 297 g/mol. The Morgan fingerprint density at radius 1 is 1.18 bits per heavy atom. The van der Waals surface area contributed by atoms with Crippen LogP contribution in [0.2, 0.25) is 0 Å². The van der Waals surface area contributed by atoms with Gasteiger partial charge in [0, 0.05) is 11.3 Å². The van der Waals surface area contributed by atoms with E-state index >= 15 is 0 Å². The largest absolute Gasteiger partial charge is 0.495 e. The molecule has 2 aromatic rings. The highest BCUT2D eigenvalue weighted by Crippen LogP contribution is 2.30. The summed E-state index contributed by atoms with van der Waals surface area (Å²) >= 11 is 0. The second-order valence-corrected chi connectivity index (χ2v) is 4.49. The van der Waals surface area contributed by atoms with Crippen molar-refractivity contribution < 1.29 is 22.7 Å². The van der Waals surface area contributed by atoms with Gasteiger partial charge >= 0.3 is 6.18 Å². The fourth-order valence-corrected chi connectivity index (χ4v) is 1.85. The predicted molar refractivity (Wildman–Crippen MR) is 76.8 cm³/mol. The molecule has 0 atom stereocenters. The van der Waals surface area contributed by atoms with E-state index in [4.69, 9.17) is 10.5 Å². The number of hydrogen-bond acceptors (Lipinski definition) is 3. The maximum atomic E-state index is 12.6. The van der Waals surface area contributed by atoms with E-state index in [-0.39, 0.29) is 5.56 Å². The number of carbonyl (C=O) groups excluding carboxylic acids is 1. The molecule has 0 aromatic heterocycles. The third-order valence-electron chi connectivity index (χ3n) is 2.94. The Balaban J connectivity index is 2.21. The van der Waals surface area contributed by atoms with Crippen LogP contribution in [0.3, 0.4) is 0 Å². The standard InChI is InChI=1S/C15H13F3N2O2/c1-22-13-6-5-11(8-12(13)19)20-14(21)9-3-2-4-10(7-9)15(16,17)18/h2-8H,19H2,1H3,(H,20,21). The van der Waals surface area contributed by atoms with Crippen molar-refractivity contribution in [2.45, 2.75) is 6.18 Å². The molecule has 0 saturated carbocycles. The van der Waals surface area contributed by atoms with Crippen LogP contribution in [-0.2, 0) is 6.18 Å². The summed E-state index contributed by atoms with van der Waals surface area (Å²) in [5.41, 5.74) is 5.40. The van der Waals surface area contributed by atoms with Crippen LogP contribution in [0.5, 0.6) is 5.75 Å². The van der Waals surface area contributed by atoms with E-state index in [0.29, 0.717) is 17.1 Å². The lowest BCUT2D eigenvalue weighted by Gasteiger charge is -2.10. The molecule has 0 aliphatic heterocycles. The third kappa shape index (κ3) is 3.49. The van der Waals surface area contributed by atoms with Crippen LogP contribution in [-0.4, -0.2) is 13.0 Å². The first-order valence-electron chi connectivity index (χ1n) is 6.23. The lowest BCUT2D eigenvalue weighted by atomic mass is 10.1. The van der Waals surface area contributed by atoms with E-state index in [1.54, 1.807) is 12.1 Å². The van der Waals surface area contributed by atoms with Gasteiger partial charge in [0.05, 0.1) is 18.4 Å². The second-order valence-electron chi connectivity index (χ2n) is 4.49. The van der Waals surface area contributed by atoms with Gasteiger partial charge < -0.3 is 15.8 Å². The van der Waals surface area contributed by atoms with Crippen LogP contribution in [0.4, 0.5) is 24.5 Å². The van der Waals surface area contributed by atoms with Gasteiger partial charge in [0.1, 0.15) is 5.75 Å². The van der Waals surface area contributed by atoms with Gasteiger partial charge in [-0.3, -0.25) is 4.79 Å². The summed E-state index contributed by atoms with van der Waals surface area (Å²) in [5.74, 6) is -0.215. The molecule has 2 rings (SSSR count). The predicted octanol–water partition coefficient (Wildman–Crippen LogP) is 3.55. The summed E-state index contributed by atoms with van der Waals surface area (Å²) in [4.78, 5) is 12.0. The average molecular weight is 310 g/mol. The number of nitrogens with one attached hydrogen (secondary N) is 1. The molecule has 0 aliphatic carbocycles. The summed E-state index contributed by atoms with van der Waals surface area (Å²) in [5, 5.41) is 2.49. The highest BCUT2D eigenvalue weighted by molar-refractivity contribution is 6.04. The molecule has 0 radical (unpaired) electrons. The first-order chi connectivity index (χ1) is 10.3. The van der Waals surface area contributed by atoms with Crippen molar-refractivity contribution in [3.63, 3.8) is 0 Å². The summed E-state index contributed by atoms with van der Waals surface area (Å²) in [6.45, 7) is 0. The van der Waals surface area contributed by atoms with Gasteiger partial charge in [0.15, 0.2) is 0 Å². The van der Waals surface area contributed by atoms with Gasteiger partial charge in [0.2, 0.25) is 0 Å². The number of methoxy groups -OCH3 is 1. The zero-order chi connectivity index (χ0) is 16.3. The number of alkyl halides is 3. The molecule has 0 saturated heterocycles. The van der Waals surface area contributed by atoms with E-state index < -0.39 is 17.6 Å². The summed E-state index contributed by atoms with van der Waals surface area (Å²) < 4.78 is 42.9. The number of nitrogen functional groups attached to an aromatic ring is 1. The first-order valence-corrected chi connectivity index (χ1v) is 6.23. The number of nitrogens with two attached hydrogens (primary N) is 1. The summed E-state index contributed by atoms with van der Waals surface area (Å²) in [7, 11) is 1.45. The lowest BCUT2D eigenvalue weighted by Crippen LogP contribution is -2.14. The molecule has 1 amide bonds. The van der Waals surface area contributed by atoms with Crippen LogP contribution in [0, 0.1) is 0 Å². The molecule has 0 unspecified atom stereocenters. The zero-order valence-electron chi connectivity index (χ0n) is 11.6. The maximum Gasteiger partial charge on any atom is 0.416 e. The van der Waals surface area contributed by atoms with Crippen molar-refractivity contribution in [1.82, 2.24) is 0 Å². The highest BCUT2D eigenvalue weighted by Gasteiger charge is 2.30. The summed E-state index contributed by atoms with van der Waals surface area (Å²) in [6, 6.07) is 8.74. The van der Waals surface area contributed by atoms with E-state index in [1.807, 2.05) is 0 Å². The molecule has 116 valence electrons. The Bertz CT molecular complexity index is 699. The van der Waals surface area contributed by atoms with Crippen LogP contribution in [0.15, 0.2) is 42.5 Å². The van der Waals surface area contributed by atoms with Gasteiger partial charge in [-0.1, -0.05) is 6.07 Å². The Morgan fingerprint density at radius 2 is 1.91 bits per heavy atom. The minimum Gasteiger partial charge on any atom is -0.495 e. The van der Waals surface area contributed by atoms with Gasteiger partial charge in [0.25, 0.3) is 5.91 Å². The van der Waals surface area contributed by atoms with E-state index in [2.05, 4.69) is 5.32 Å². The van der Waals surface area contributed by atoms with Gasteiger partial charge in [-0.15, -0.1) is 0 Å². The average Bonchev–Trinajstić information content (AvgIpc) is 2.46. The molecule has 0 aliphatic rings. The molecule has 3 N–H and O–H groups in total. The van der Waals surface area contributed by atoms with E-state index in [0.717, 1.165) is 12.1 Å². The molecular formula is C15H13F3N2O2. The van der Waals surface area contributed by atoms with Gasteiger partial charge in [-0.2, -0.15) is 13.2 Å².